The van der Waals surface area contributed by atoms with Crippen LogP contribution in [0.2, 0.25) is 0 Å². The van der Waals surface area contributed by atoms with Crippen molar-refractivity contribution in [3.8, 4) is 0 Å². The quantitative estimate of drug-likeness (QED) is 0.279. The summed E-state index contributed by atoms with van der Waals surface area (Å²) in [4.78, 5) is 29.7. The minimum atomic E-state index is -1.78. The number of aliphatic hydroxyl groups excluding tert-OH is 3. The molecule has 0 radical (unpaired) electrons. The Morgan fingerprint density at radius 1 is 0.860 bits per heavy atom. The zero-order valence-corrected chi connectivity index (χ0v) is 23.9. The molecule has 5 rings (SSSR count). The van der Waals surface area contributed by atoms with Gasteiger partial charge in [-0.1, -0.05) is 91.0 Å². The number of ether oxygens (including phenoxy) is 2. The predicted octanol–water partition coefficient (Wildman–Crippen LogP) is 2.00. The molecule has 0 aliphatic carbocycles. The van der Waals surface area contributed by atoms with E-state index in [9.17, 15) is 30.0 Å². The number of aliphatic hydroxyl groups is 3. The zero-order valence-electron chi connectivity index (χ0n) is 23.9. The molecular weight excluding hydrogens is 552 g/mol. The van der Waals surface area contributed by atoms with Gasteiger partial charge in [0.25, 0.3) is 0 Å². The number of hydrogen-bond acceptors (Lipinski definition) is 8. The molecule has 3 aromatic rings. The van der Waals surface area contributed by atoms with E-state index in [1.807, 2.05) is 98.0 Å². The van der Waals surface area contributed by atoms with Gasteiger partial charge in [0.2, 0.25) is 5.91 Å². The van der Waals surface area contributed by atoms with Gasteiger partial charge in [0.05, 0.1) is 18.1 Å². The van der Waals surface area contributed by atoms with E-state index in [0.29, 0.717) is 26.1 Å². The van der Waals surface area contributed by atoms with Crippen LogP contribution < -0.4 is 0 Å². The van der Waals surface area contributed by atoms with Gasteiger partial charge in [-0.15, -0.1) is 0 Å². The van der Waals surface area contributed by atoms with Crippen molar-refractivity contribution in [1.29, 1.82) is 0 Å². The maximum absolute atomic E-state index is 14.3. The molecule has 228 valence electrons. The van der Waals surface area contributed by atoms with Crippen LogP contribution >= 0.6 is 0 Å². The summed E-state index contributed by atoms with van der Waals surface area (Å²) in [5.74, 6) is -1.98. The Hall–Kier alpha value is -3.64. The summed E-state index contributed by atoms with van der Waals surface area (Å²) < 4.78 is 11.2. The third-order valence-electron chi connectivity index (χ3n) is 8.31. The molecule has 10 nitrogen and oxygen atoms in total. The molecule has 0 saturated carbocycles. The monoisotopic (exact) mass is 590 g/mol. The molecule has 2 fully saturated rings. The molecule has 2 heterocycles. The lowest BCUT2D eigenvalue weighted by molar-refractivity contribution is -0.303. The number of likely N-dealkylation sites (N-methyl/N-ethyl adjacent to an activating group) is 1. The van der Waals surface area contributed by atoms with Crippen LogP contribution in [0.3, 0.4) is 0 Å². The molecule has 2 aliphatic rings. The van der Waals surface area contributed by atoms with E-state index < -0.39 is 48.7 Å². The van der Waals surface area contributed by atoms with Crippen molar-refractivity contribution in [3.05, 3.63) is 108 Å². The molecule has 6 unspecified atom stereocenters. The Morgan fingerprint density at radius 2 is 1.40 bits per heavy atom. The number of carboxylic acids is 1. The molecule has 10 heteroatoms. The molecule has 1 amide bonds. The van der Waals surface area contributed by atoms with Crippen LogP contribution in [0, 0.1) is 0 Å². The van der Waals surface area contributed by atoms with Crippen LogP contribution in [0.1, 0.15) is 35.1 Å². The molecule has 0 spiro atoms. The molecule has 7 atom stereocenters. The average Bonchev–Trinajstić information content (AvgIpc) is 3.48. The van der Waals surface area contributed by atoms with Crippen LogP contribution in [-0.2, 0) is 19.1 Å². The molecule has 4 N–H and O–H groups in total. The summed E-state index contributed by atoms with van der Waals surface area (Å²) in [5.41, 5.74) is 2.80. The average molecular weight is 591 g/mol. The Labute approximate surface area is 250 Å². The Kier molecular flexibility index (Phi) is 9.86. The standard InChI is InChI=1S/C33H38N2O8/c1-34(31(39)26(22-13-7-3-8-14-22)23-15-9-4-10-16-23)25(21-11-5-2-6-12-21)20-35-18-17-24(19-35)42-33-29(38)27(36)28(37)30(43-33)32(40)41/h2-16,24-30,33,36-38H,17-20H2,1H3,(H,40,41)/t24-,25?,27?,28?,29?,30?,33?/m1/s1. The Bertz CT molecular complexity index is 1310. The first-order valence-electron chi connectivity index (χ1n) is 14.5. The second-order valence-electron chi connectivity index (χ2n) is 11.2. The first-order valence-corrected chi connectivity index (χ1v) is 14.5. The fourth-order valence-electron chi connectivity index (χ4n) is 5.93. The van der Waals surface area contributed by atoms with Crippen LogP contribution in [0.25, 0.3) is 0 Å². The highest BCUT2D eigenvalue weighted by Gasteiger charge is 2.48. The summed E-state index contributed by atoms with van der Waals surface area (Å²) in [7, 11) is 1.83. The van der Waals surface area contributed by atoms with Gasteiger partial charge >= 0.3 is 5.97 Å². The van der Waals surface area contributed by atoms with E-state index in [4.69, 9.17) is 9.47 Å². The molecule has 3 aromatic carbocycles. The summed E-state index contributed by atoms with van der Waals surface area (Å²) in [6, 6.07) is 29.0. The van der Waals surface area contributed by atoms with Crippen molar-refractivity contribution >= 4 is 11.9 Å². The van der Waals surface area contributed by atoms with Crippen molar-refractivity contribution in [2.24, 2.45) is 0 Å². The number of carbonyl (C=O) groups excluding carboxylic acids is 1. The van der Waals surface area contributed by atoms with Gasteiger partial charge < -0.3 is 34.8 Å². The van der Waals surface area contributed by atoms with Crippen LogP contribution in [-0.4, -0.2) is 106 Å². The summed E-state index contributed by atoms with van der Waals surface area (Å²) in [5, 5.41) is 39.9. The maximum atomic E-state index is 14.3. The number of amides is 1. The lowest BCUT2D eigenvalue weighted by atomic mass is 9.89. The van der Waals surface area contributed by atoms with Gasteiger partial charge in [-0.05, 0) is 23.1 Å². The number of benzene rings is 3. The number of carbonyl (C=O) groups is 2. The molecule has 2 saturated heterocycles. The van der Waals surface area contributed by atoms with E-state index in [0.717, 1.165) is 16.7 Å². The first kappa shape index (κ1) is 30.8. The highest BCUT2D eigenvalue weighted by molar-refractivity contribution is 5.87. The van der Waals surface area contributed by atoms with Gasteiger partial charge in [-0.3, -0.25) is 9.69 Å². The third-order valence-corrected chi connectivity index (χ3v) is 8.31. The second kappa shape index (κ2) is 13.8. The van der Waals surface area contributed by atoms with Crippen molar-refractivity contribution in [2.75, 3.05) is 26.7 Å². The lowest BCUT2D eigenvalue weighted by Gasteiger charge is -2.39. The number of aliphatic carboxylic acids is 1. The minimum Gasteiger partial charge on any atom is -0.479 e. The zero-order chi connectivity index (χ0) is 30.5. The van der Waals surface area contributed by atoms with E-state index in [1.54, 1.807) is 4.90 Å². The van der Waals surface area contributed by atoms with Gasteiger partial charge in [-0.2, -0.15) is 0 Å². The molecule has 43 heavy (non-hydrogen) atoms. The van der Waals surface area contributed by atoms with Gasteiger partial charge in [0.15, 0.2) is 12.4 Å². The summed E-state index contributed by atoms with van der Waals surface area (Å²) in [6.07, 6.45) is -8.08. The minimum absolute atomic E-state index is 0.0377. The fourth-order valence-corrected chi connectivity index (χ4v) is 5.93. The lowest BCUT2D eigenvalue weighted by Crippen LogP contribution is -2.60. The van der Waals surface area contributed by atoms with E-state index >= 15 is 0 Å². The molecule has 2 aliphatic heterocycles. The topological polar surface area (TPSA) is 140 Å². The largest absolute Gasteiger partial charge is 0.479 e. The number of likely N-dealkylation sites (tertiary alicyclic amines) is 1. The Balaban J connectivity index is 1.32. The number of hydrogen-bond donors (Lipinski definition) is 4. The smallest absolute Gasteiger partial charge is 0.335 e. The Morgan fingerprint density at radius 3 is 1.93 bits per heavy atom. The first-order chi connectivity index (χ1) is 20.7. The third kappa shape index (κ3) is 6.96. The van der Waals surface area contributed by atoms with Gasteiger partial charge in [0, 0.05) is 26.7 Å². The van der Waals surface area contributed by atoms with Gasteiger partial charge in [0.1, 0.15) is 18.3 Å². The van der Waals surface area contributed by atoms with E-state index in [1.165, 1.54) is 0 Å². The predicted molar refractivity (Wildman–Crippen MR) is 157 cm³/mol. The van der Waals surface area contributed by atoms with E-state index in [-0.39, 0.29) is 11.9 Å². The van der Waals surface area contributed by atoms with Crippen LogP contribution in [0.4, 0.5) is 0 Å². The highest BCUT2D eigenvalue weighted by Crippen LogP contribution is 2.32. The number of rotatable bonds is 10. The SMILES string of the molecule is CN(C(=O)C(c1ccccc1)c1ccccc1)C(CN1CC[C@@H](OC2OC(C(=O)O)C(O)C(O)C2O)C1)c1ccccc1. The maximum Gasteiger partial charge on any atom is 0.335 e. The molecular formula is C33H38N2O8. The van der Waals surface area contributed by atoms with E-state index in [2.05, 4.69) is 4.90 Å². The fraction of sp³-hybridized carbons (Fsp3) is 0.394. The molecule has 0 bridgehead atoms. The summed E-state index contributed by atoms with van der Waals surface area (Å²) >= 11 is 0. The van der Waals surface area contributed by atoms with Crippen molar-refractivity contribution < 1.29 is 39.5 Å². The number of nitrogens with zero attached hydrogens (tertiary/aromatic N) is 2. The van der Waals surface area contributed by atoms with Crippen molar-refractivity contribution in [1.82, 2.24) is 9.80 Å². The van der Waals surface area contributed by atoms with Crippen molar-refractivity contribution in [2.45, 2.75) is 55.2 Å². The highest BCUT2D eigenvalue weighted by atomic mass is 16.7. The number of carboxylic acid groups (broad SMARTS) is 1. The second-order valence-corrected chi connectivity index (χ2v) is 11.2. The molecule has 0 aromatic heterocycles. The van der Waals surface area contributed by atoms with Crippen LogP contribution in [0.15, 0.2) is 91.0 Å². The van der Waals surface area contributed by atoms with Crippen LogP contribution in [0.5, 0.6) is 0 Å². The van der Waals surface area contributed by atoms with Gasteiger partial charge in [-0.25, -0.2) is 4.79 Å². The normalized spacial score (nSPS) is 26.7. The summed E-state index contributed by atoms with van der Waals surface area (Å²) in [6.45, 7) is 1.58. The van der Waals surface area contributed by atoms with Crippen molar-refractivity contribution in [3.63, 3.8) is 0 Å².